The summed E-state index contributed by atoms with van der Waals surface area (Å²) in [5.74, 6) is 0.498. The molecule has 1 saturated carbocycles. The van der Waals surface area contributed by atoms with Crippen LogP contribution in [0.4, 0.5) is 0 Å². The SMILES string of the molecule is COC(=O)C1CCCN1C1CCCCC1CN. The van der Waals surface area contributed by atoms with E-state index in [1.54, 1.807) is 0 Å². The van der Waals surface area contributed by atoms with Gasteiger partial charge in [0.05, 0.1) is 7.11 Å². The lowest BCUT2D eigenvalue weighted by atomic mass is 9.83. The summed E-state index contributed by atoms with van der Waals surface area (Å²) in [7, 11) is 1.49. The number of hydrogen-bond acceptors (Lipinski definition) is 4. The number of methoxy groups -OCH3 is 1. The van der Waals surface area contributed by atoms with Crippen molar-refractivity contribution in [3.8, 4) is 0 Å². The van der Waals surface area contributed by atoms with E-state index in [1.807, 2.05) is 0 Å². The van der Waals surface area contributed by atoms with E-state index in [4.69, 9.17) is 10.5 Å². The molecule has 3 unspecified atom stereocenters. The second-order valence-electron chi connectivity index (χ2n) is 5.27. The number of hydrogen-bond donors (Lipinski definition) is 1. The van der Waals surface area contributed by atoms with Crippen LogP contribution in [0.25, 0.3) is 0 Å². The van der Waals surface area contributed by atoms with Gasteiger partial charge in [-0.15, -0.1) is 0 Å². The van der Waals surface area contributed by atoms with Crippen LogP contribution >= 0.6 is 0 Å². The molecule has 0 aromatic rings. The molecule has 0 aromatic heterocycles. The van der Waals surface area contributed by atoms with Crippen LogP contribution in [0, 0.1) is 5.92 Å². The Kier molecular flexibility index (Phi) is 4.40. The number of nitrogens with zero attached hydrogens (tertiary/aromatic N) is 1. The van der Waals surface area contributed by atoms with Crippen molar-refractivity contribution in [2.75, 3.05) is 20.2 Å². The van der Waals surface area contributed by atoms with E-state index in [0.717, 1.165) is 25.9 Å². The summed E-state index contributed by atoms with van der Waals surface area (Å²) in [6.45, 7) is 1.77. The van der Waals surface area contributed by atoms with Gasteiger partial charge in [0.2, 0.25) is 0 Å². The molecule has 1 saturated heterocycles. The summed E-state index contributed by atoms with van der Waals surface area (Å²) in [5, 5.41) is 0. The van der Waals surface area contributed by atoms with Crippen LogP contribution in [0.5, 0.6) is 0 Å². The van der Waals surface area contributed by atoms with Crippen LogP contribution in [-0.4, -0.2) is 43.2 Å². The molecule has 4 heteroatoms. The van der Waals surface area contributed by atoms with Gasteiger partial charge in [-0.2, -0.15) is 0 Å². The average molecular weight is 240 g/mol. The number of nitrogens with two attached hydrogens (primary N) is 1. The van der Waals surface area contributed by atoms with Crippen molar-refractivity contribution in [3.05, 3.63) is 0 Å². The van der Waals surface area contributed by atoms with Crippen molar-refractivity contribution in [1.29, 1.82) is 0 Å². The summed E-state index contributed by atoms with van der Waals surface area (Å²) in [4.78, 5) is 14.1. The largest absolute Gasteiger partial charge is 0.468 e. The number of likely N-dealkylation sites (tertiary alicyclic amines) is 1. The highest BCUT2D eigenvalue weighted by atomic mass is 16.5. The molecular weight excluding hydrogens is 216 g/mol. The van der Waals surface area contributed by atoms with Gasteiger partial charge in [-0.1, -0.05) is 12.8 Å². The maximum Gasteiger partial charge on any atom is 0.323 e. The van der Waals surface area contributed by atoms with E-state index >= 15 is 0 Å². The Morgan fingerprint density at radius 2 is 2.06 bits per heavy atom. The molecule has 2 N–H and O–H groups in total. The number of esters is 1. The molecule has 1 aliphatic carbocycles. The van der Waals surface area contributed by atoms with E-state index in [1.165, 1.54) is 32.8 Å². The van der Waals surface area contributed by atoms with Gasteiger partial charge in [-0.25, -0.2) is 0 Å². The molecule has 1 aliphatic heterocycles. The zero-order valence-corrected chi connectivity index (χ0v) is 10.7. The first-order valence-corrected chi connectivity index (χ1v) is 6.81. The highest BCUT2D eigenvalue weighted by molar-refractivity contribution is 5.76. The normalized spacial score (nSPS) is 34.8. The molecular formula is C13H24N2O2. The molecule has 17 heavy (non-hydrogen) atoms. The van der Waals surface area contributed by atoms with Gasteiger partial charge in [-0.05, 0) is 44.7 Å². The van der Waals surface area contributed by atoms with Crippen molar-refractivity contribution in [3.63, 3.8) is 0 Å². The smallest absolute Gasteiger partial charge is 0.323 e. The quantitative estimate of drug-likeness (QED) is 0.752. The van der Waals surface area contributed by atoms with Crippen molar-refractivity contribution in [2.24, 2.45) is 11.7 Å². The second-order valence-corrected chi connectivity index (χ2v) is 5.27. The summed E-state index contributed by atoms with van der Waals surface area (Å²) < 4.78 is 4.91. The van der Waals surface area contributed by atoms with Gasteiger partial charge in [0.15, 0.2) is 0 Å². The van der Waals surface area contributed by atoms with Crippen molar-refractivity contribution in [1.82, 2.24) is 4.90 Å². The van der Waals surface area contributed by atoms with E-state index < -0.39 is 0 Å². The van der Waals surface area contributed by atoms with E-state index in [2.05, 4.69) is 4.90 Å². The lowest BCUT2D eigenvalue weighted by Crippen LogP contribution is -2.49. The topological polar surface area (TPSA) is 55.6 Å². The van der Waals surface area contributed by atoms with Crippen LogP contribution in [0.1, 0.15) is 38.5 Å². The Balaban J connectivity index is 2.05. The van der Waals surface area contributed by atoms with Crippen LogP contribution in [0.2, 0.25) is 0 Å². The van der Waals surface area contributed by atoms with Crippen molar-refractivity contribution >= 4 is 5.97 Å². The fraction of sp³-hybridized carbons (Fsp3) is 0.923. The maximum absolute atomic E-state index is 11.8. The summed E-state index contributed by atoms with van der Waals surface area (Å²) in [6, 6.07) is 0.484. The highest BCUT2D eigenvalue weighted by Crippen LogP contribution is 2.33. The fourth-order valence-corrected chi connectivity index (χ4v) is 3.47. The van der Waals surface area contributed by atoms with E-state index in [-0.39, 0.29) is 12.0 Å². The molecule has 2 aliphatic rings. The van der Waals surface area contributed by atoms with Crippen molar-refractivity contribution in [2.45, 2.75) is 50.6 Å². The second kappa shape index (κ2) is 5.83. The lowest BCUT2D eigenvalue weighted by molar-refractivity contribution is -0.147. The third kappa shape index (κ3) is 2.63. The van der Waals surface area contributed by atoms with Crippen LogP contribution in [-0.2, 0) is 9.53 Å². The molecule has 0 spiro atoms. The number of ether oxygens (including phenoxy) is 1. The average Bonchev–Trinajstić information content (AvgIpc) is 2.86. The molecule has 2 rings (SSSR count). The first kappa shape index (κ1) is 12.8. The predicted octanol–water partition coefficient (Wildman–Crippen LogP) is 1.14. The molecule has 0 aromatic carbocycles. The predicted molar refractivity (Wildman–Crippen MR) is 66.5 cm³/mol. The molecule has 0 bridgehead atoms. The molecule has 0 amide bonds. The Bertz CT molecular complexity index is 270. The van der Waals surface area contributed by atoms with Gasteiger partial charge in [0, 0.05) is 6.04 Å². The van der Waals surface area contributed by atoms with Crippen LogP contribution < -0.4 is 5.73 Å². The fourth-order valence-electron chi connectivity index (χ4n) is 3.47. The minimum absolute atomic E-state index is 0.0165. The van der Waals surface area contributed by atoms with Crippen LogP contribution in [0.3, 0.4) is 0 Å². The molecule has 4 nitrogen and oxygen atoms in total. The first-order valence-electron chi connectivity index (χ1n) is 6.81. The van der Waals surface area contributed by atoms with Gasteiger partial charge < -0.3 is 10.5 Å². The summed E-state index contributed by atoms with van der Waals surface area (Å²) in [5.41, 5.74) is 5.87. The molecule has 0 radical (unpaired) electrons. The van der Waals surface area contributed by atoms with Crippen molar-refractivity contribution < 1.29 is 9.53 Å². The summed E-state index contributed by atoms with van der Waals surface area (Å²) >= 11 is 0. The minimum Gasteiger partial charge on any atom is -0.468 e. The number of carbonyl (C=O) groups excluding carboxylic acids is 1. The maximum atomic E-state index is 11.8. The van der Waals surface area contributed by atoms with Crippen LogP contribution in [0.15, 0.2) is 0 Å². The Morgan fingerprint density at radius 3 is 2.76 bits per heavy atom. The minimum atomic E-state index is -0.0659. The zero-order chi connectivity index (χ0) is 12.3. The van der Waals surface area contributed by atoms with Gasteiger partial charge in [-0.3, -0.25) is 9.69 Å². The number of carbonyl (C=O) groups is 1. The third-order valence-corrected chi connectivity index (χ3v) is 4.37. The van der Waals surface area contributed by atoms with Gasteiger partial charge in [0.25, 0.3) is 0 Å². The number of rotatable bonds is 3. The highest BCUT2D eigenvalue weighted by Gasteiger charge is 2.39. The molecule has 3 atom stereocenters. The Labute approximate surface area is 103 Å². The van der Waals surface area contributed by atoms with E-state index in [0.29, 0.717) is 12.0 Å². The molecule has 2 fully saturated rings. The van der Waals surface area contributed by atoms with E-state index in [9.17, 15) is 4.79 Å². The first-order chi connectivity index (χ1) is 8.27. The Morgan fingerprint density at radius 1 is 1.29 bits per heavy atom. The summed E-state index contributed by atoms with van der Waals surface area (Å²) in [6.07, 6.45) is 7.01. The Hall–Kier alpha value is -0.610. The zero-order valence-electron chi connectivity index (χ0n) is 10.7. The van der Waals surface area contributed by atoms with Gasteiger partial charge >= 0.3 is 5.97 Å². The monoisotopic (exact) mass is 240 g/mol. The standard InChI is InChI=1S/C13H24N2O2/c1-17-13(16)12-7-4-8-15(12)11-6-3-2-5-10(11)9-14/h10-12H,2-9,14H2,1H3. The molecule has 98 valence electrons. The third-order valence-electron chi connectivity index (χ3n) is 4.37. The molecule has 1 heterocycles. The van der Waals surface area contributed by atoms with Gasteiger partial charge in [0.1, 0.15) is 6.04 Å². The lowest BCUT2D eigenvalue weighted by Gasteiger charge is -2.39.